The molecular weight excluding hydrogens is 313 g/mol. The molecule has 1 unspecified atom stereocenters. The van der Waals surface area contributed by atoms with E-state index in [1.807, 2.05) is 0 Å². The van der Waals surface area contributed by atoms with E-state index >= 15 is 0 Å². The molecule has 0 spiro atoms. The lowest BCUT2D eigenvalue weighted by Crippen LogP contribution is -2.47. The van der Waals surface area contributed by atoms with Gasteiger partial charge in [0.2, 0.25) is 11.6 Å². The largest absolute Gasteiger partial charge is 0.465 e. The number of furan rings is 1. The van der Waals surface area contributed by atoms with Gasteiger partial charge in [-0.2, -0.15) is 14.6 Å². The summed E-state index contributed by atoms with van der Waals surface area (Å²) in [5.41, 5.74) is 0.363. The van der Waals surface area contributed by atoms with E-state index < -0.39 is 6.17 Å². The molecule has 4 rings (SSSR count). The van der Waals surface area contributed by atoms with Crippen molar-refractivity contribution in [2.75, 3.05) is 10.4 Å². The molecule has 1 atom stereocenters. The van der Waals surface area contributed by atoms with Crippen molar-refractivity contribution in [1.82, 2.24) is 14.6 Å². The molecule has 4 N–H and O–H groups in total. The number of hydrogen-bond donors (Lipinski definition) is 3. The van der Waals surface area contributed by atoms with Crippen molar-refractivity contribution in [2.24, 2.45) is 5.84 Å². The Morgan fingerprint density at radius 3 is 2.83 bits per heavy atom. The third kappa shape index (κ3) is 2.31. The van der Waals surface area contributed by atoms with Crippen molar-refractivity contribution in [1.29, 1.82) is 5.41 Å². The molecule has 122 valence electrons. The van der Waals surface area contributed by atoms with E-state index in [-0.39, 0.29) is 17.9 Å². The van der Waals surface area contributed by atoms with Gasteiger partial charge < -0.3 is 9.73 Å². The highest BCUT2D eigenvalue weighted by molar-refractivity contribution is 5.38. The van der Waals surface area contributed by atoms with E-state index in [9.17, 15) is 4.39 Å². The Morgan fingerprint density at radius 1 is 1.25 bits per heavy atom. The first-order valence-electron chi connectivity index (χ1n) is 7.25. The molecule has 1 aliphatic heterocycles. The van der Waals surface area contributed by atoms with Crippen molar-refractivity contribution < 1.29 is 8.81 Å². The van der Waals surface area contributed by atoms with Gasteiger partial charge >= 0.3 is 0 Å². The summed E-state index contributed by atoms with van der Waals surface area (Å²) < 4.78 is 20.5. The van der Waals surface area contributed by atoms with Crippen LogP contribution in [0.25, 0.3) is 0 Å². The smallest absolute Gasteiger partial charge is 0.247 e. The number of anilines is 1. The molecule has 24 heavy (non-hydrogen) atoms. The zero-order valence-corrected chi connectivity index (χ0v) is 12.5. The van der Waals surface area contributed by atoms with Crippen LogP contribution in [-0.2, 0) is 6.42 Å². The van der Waals surface area contributed by atoms with Crippen LogP contribution >= 0.6 is 0 Å². The zero-order valence-electron chi connectivity index (χ0n) is 12.5. The van der Waals surface area contributed by atoms with Crippen molar-refractivity contribution in [3.8, 4) is 0 Å². The summed E-state index contributed by atoms with van der Waals surface area (Å²) in [6.45, 7) is 0. The minimum Gasteiger partial charge on any atom is -0.465 e. The Bertz CT molecular complexity index is 937. The van der Waals surface area contributed by atoms with Gasteiger partial charge in [0, 0.05) is 6.42 Å². The fraction of sp³-hybridized carbons (Fsp3) is 0.133. The average molecular weight is 327 g/mol. The van der Waals surface area contributed by atoms with Gasteiger partial charge in [0.25, 0.3) is 0 Å². The predicted molar refractivity (Wildman–Crippen MR) is 82.6 cm³/mol. The lowest BCUT2D eigenvalue weighted by molar-refractivity contribution is 0.442. The zero-order chi connectivity index (χ0) is 16.7. The van der Waals surface area contributed by atoms with Crippen LogP contribution in [0.15, 0.2) is 47.1 Å². The molecule has 0 radical (unpaired) electrons. The molecule has 3 aromatic rings. The Hall–Kier alpha value is -3.20. The first kappa shape index (κ1) is 14.4. The van der Waals surface area contributed by atoms with Crippen LogP contribution in [0.2, 0.25) is 0 Å². The molecule has 0 bridgehead atoms. The fourth-order valence-corrected chi connectivity index (χ4v) is 2.62. The maximum Gasteiger partial charge on any atom is 0.247 e. The minimum absolute atomic E-state index is 0.101. The van der Waals surface area contributed by atoms with Gasteiger partial charge in [0.1, 0.15) is 17.4 Å². The number of nitrogens with two attached hydrogens (primary N) is 1. The van der Waals surface area contributed by atoms with Crippen molar-refractivity contribution in [3.05, 3.63) is 71.2 Å². The van der Waals surface area contributed by atoms with E-state index in [4.69, 9.17) is 15.7 Å². The quantitative estimate of drug-likeness (QED) is 0.620. The predicted octanol–water partition coefficient (Wildman–Crippen LogP) is 1.02. The van der Waals surface area contributed by atoms with Crippen molar-refractivity contribution in [3.63, 3.8) is 0 Å². The molecular formula is C15H14FN7O. The van der Waals surface area contributed by atoms with Crippen molar-refractivity contribution >= 4 is 5.95 Å². The third-order valence-electron chi connectivity index (χ3n) is 3.75. The number of rotatable bonds is 3. The normalized spacial score (nSPS) is 16.1. The van der Waals surface area contributed by atoms with Gasteiger partial charge in [-0.25, -0.2) is 15.4 Å². The topological polar surface area (TPSA) is 109 Å². The standard InChI is InChI=1S/C15H14FN7O/c16-10-5-2-1-4-9(10)8-12-19-14(17)22-15(20-12)21-13(23(22)18)11-6-3-7-24-11/h1-7,13H,8,18H2,(H2,17,19,20,21). The molecule has 0 fully saturated rings. The van der Waals surface area contributed by atoms with Gasteiger partial charge in [-0.1, -0.05) is 18.2 Å². The van der Waals surface area contributed by atoms with E-state index in [0.717, 1.165) is 0 Å². The summed E-state index contributed by atoms with van der Waals surface area (Å²) in [5.74, 6) is 6.96. The van der Waals surface area contributed by atoms with E-state index in [0.29, 0.717) is 23.1 Å². The Kier molecular flexibility index (Phi) is 3.28. The summed E-state index contributed by atoms with van der Waals surface area (Å²) in [4.78, 5) is 8.46. The van der Waals surface area contributed by atoms with Crippen molar-refractivity contribution in [2.45, 2.75) is 12.6 Å². The second-order valence-corrected chi connectivity index (χ2v) is 5.31. The van der Waals surface area contributed by atoms with Crippen LogP contribution in [0.1, 0.15) is 23.3 Å². The van der Waals surface area contributed by atoms with Gasteiger partial charge in [-0.3, -0.25) is 5.41 Å². The van der Waals surface area contributed by atoms with Gasteiger partial charge in [0.05, 0.1) is 6.26 Å². The summed E-state index contributed by atoms with van der Waals surface area (Å²) in [7, 11) is 0. The summed E-state index contributed by atoms with van der Waals surface area (Å²) in [6, 6.07) is 9.92. The molecule has 2 aromatic heterocycles. The minimum atomic E-state index is -0.498. The van der Waals surface area contributed by atoms with Crippen LogP contribution in [0, 0.1) is 11.2 Å². The average Bonchev–Trinajstić information content (AvgIpc) is 3.18. The number of halogens is 1. The van der Waals surface area contributed by atoms with Crippen LogP contribution in [0.4, 0.5) is 10.3 Å². The molecule has 0 saturated heterocycles. The van der Waals surface area contributed by atoms with E-state index in [2.05, 4.69) is 15.3 Å². The summed E-state index contributed by atoms with van der Waals surface area (Å²) >= 11 is 0. The molecule has 0 saturated carbocycles. The number of aromatic nitrogens is 3. The highest BCUT2D eigenvalue weighted by Crippen LogP contribution is 2.25. The molecule has 0 aliphatic carbocycles. The number of benzene rings is 1. The van der Waals surface area contributed by atoms with Crippen LogP contribution in [0.3, 0.4) is 0 Å². The first-order chi connectivity index (χ1) is 11.6. The Labute approximate surface area is 135 Å². The Morgan fingerprint density at radius 2 is 2.08 bits per heavy atom. The molecule has 1 aromatic carbocycles. The van der Waals surface area contributed by atoms with Crippen LogP contribution in [0.5, 0.6) is 0 Å². The summed E-state index contributed by atoms with van der Waals surface area (Å²) in [5, 5.41) is 12.4. The molecule has 0 amide bonds. The van der Waals surface area contributed by atoms with E-state index in [1.165, 1.54) is 22.1 Å². The lowest BCUT2D eigenvalue weighted by Gasteiger charge is -2.18. The maximum absolute atomic E-state index is 13.8. The monoisotopic (exact) mass is 327 g/mol. The summed E-state index contributed by atoms with van der Waals surface area (Å²) in [6.07, 6.45) is 1.22. The third-order valence-corrected chi connectivity index (χ3v) is 3.75. The SMILES string of the molecule is N=c1nc(Cc2ccccc2F)nc2n1N(N)C(c1ccco1)N2. The molecule has 8 nitrogen and oxygen atoms in total. The number of hydrazine groups is 1. The molecule has 1 aliphatic rings. The number of hydrogen-bond acceptors (Lipinski definition) is 7. The molecule has 3 heterocycles. The fourth-order valence-electron chi connectivity index (χ4n) is 2.62. The first-order valence-corrected chi connectivity index (χ1v) is 7.25. The van der Waals surface area contributed by atoms with Crippen LogP contribution in [-0.4, -0.2) is 14.6 Å². The maximum atomic E-state index is 13.8. The van der Waals surface area contributed by atoms with Gasteiger partial charge in [0.15, 0.2) is 6.17 Å². The second kappa shape index (κ2) is 5.46. The number of nitrogens with zero attached hydrogens (tertiary/aromatic N) is 4. The number of fused-ring (bicyclic) bond motifs is 1. The second-order valence-electron chi connectivity index (χ2n) is 5.31. The number of nitrogens with one attached hydrogen (secondary N) is 2. The van der Waals surface area contributed by atoms with E-state index in [1.54, 1.807) is 30.3 Å². The lowest BCUT2D eigenvalue weighted by atomic mass is 10.1. The van der Waals surface area contributed by atoms with Crippen LogP contribution < -0.4 is 21.9 Å². The van der Waals surface area contributed by atoms with Gasteiger partial charge in [-0.15, -0.1) is 0 Å². The highest BCUT2D eigenvalue weighted by atomic mass is 19.1. The Balaban J connectivity index is 1.69. The highest BCUT2D eigenvalue weighted by Gasteiger charge is 2.31. The molecule has 9 heteroatoms. The van der Waals surface area contributed by atoms with Gasteiger partial charge in [-0.05, 0) is 23.8 Å².